The maximum atomic E-state index is 5.77. The van der Waals surface area contributed by atoms with E-state index >= 15 is 0 Å². The van der Waals surface area contributed by atoms with Crippen molar-refractivity contribution in [3.05, 3.63) is 24.3 Å². The van der Waals surface area contributed by atoms with Gasteiger partial charge in [0.15, 0.2) is 0 Å². The average molecular weight is 279 g/mol. The van der Waals surface area contributed by atoms with Crippen molar-refractivity contribution < 1.29 is 14.2 Å². The fourth-order valence-electron chi connectivity index (χ4n) is 2.69. The van der Waals surface area contributed by atoms with Crippen molar-refractivity contribution in [1.29, 1.82) is 0 Å². The Kier molecular flexibility index (Phi) is 6.15. The van der Waals surface area contributed by atoms with Crippen LogP contribution in [0.2, 0.25) is 0 Å². The molecule has 0 bridgehead atoms. The highest BCUT2D eigenvalue weighted by Crippen LogP contribution is 2.18. The second-order valence-electron chi connectivity index (χ2n) is 5.29. The van der Waals surface area contributed by atoms with Crippen molar-refractivity contribution in [2.75, 3.05) is 47.1 Å². The minimum absolute atomic E-state index is 0.676. The Hall–Kier alpha value is -1.26. The van der Waals surface area contributed by atoms with Gasteiger partial charge in [0.2, 0.25) is 0 Å². The first-order valence-corrected chi connectivity index (χ1v) is 7.30. The Labute approximate surface area is 121 Å². The van der Waals surface area contributed by atoms with Gasteiger partial charge in [-0.15, -0.1) is 0 Å². The van der Waals surface area contributed by atoms with Crippen LogP contribution in [0.15, 0.2) is 24.3 Å². The number of hydrogen-bond acceptors (Lipinski definition) is 4. The molecule has 1 aliphatic heterocycles. The lowest BCUT2D eigenvalue weighted by atomic mass is 9.99. The summed E-state index contributed by atoms with van der Waals surface area (Å²) < 4.78 is 16.2. The molecule has 2 rings (SSSR count). The summed E-state index contributed by atoms with van der Waals surface area (Å²) in [5, 5.41) is 0. The molecule has 0 aromatic heterocycles. The lowest BCUT2D eigenvalue weighted by molar-refractivity contribution is 0.0832. The zero-order valence-corrected chi connectivity index (χ0v) is 12.5. The predicted octanol–water partition coefficient (Wildman–Crippen LogP) is 2.43. The lowest BCUT2D eigenvalue weighted by Gasteiger charge is -2.32. The third kappa shape index (κ3) is 4.69. The van der Waals surface area contributed by atoms with Gasteiger partial charge in [-0.1, -0.05) is 0 Å². The summed E-state index contributed by atoms with van der Waals surface area (Å²) in [4.78, 5) is 2.47. The number of ether oxygens (including phenoxy) is 3. The molecule has 0 radical (unpaired) electrons. The number of methoxy groups -OCH3 is 2. The molecule has 1 aromatic rings. The molecule has 112 valence electrons. The minimum Gasteiger partial charge on any atom is -0.497 e. The summed E-state index contributed by atoms with van der Waals surface area (Å²) in [5.74, 6) is 2.43. The maximum Gasteiger partial charge on any atom is 0.119 e. The highest BCUT2D eigenvalue weighted by Gasteiger charge is 2.19. The average Bonchev–Trinajstić information content (AvgIpc) is 2.49. The molecule has 0 N–H and O–H groups in total. The molecule has 1 heterocycles. The van der Waals surface area contributed by atoms with Crippen LogP contribution in [-0.4, -0.2) is 52.0 Å². The third-order valence-electron chi connectivity index (χ3n) is 3.74. The van der Waals surface area contributed by atoms with Crippen LogP contribution in [0.3, 0.4) is 0 Å². The van der Waals surface area contributed by atoms with Gasteiger partial charge in [0.1, 0.15) is 18.1 Å². The van der Waals surface area contributed by atoms with E-state index in [0.717, 1.165) is 37.8 Å². The van der Waals surface area contributed by atoms with Crippen molar-refractivity contribution in [3.63, 3.8) is 0 Å². The van der Waals surface area contributed by atoms with Gasteiger partial charge in [0.25, 0.3) is 0 Å². The van der Waals surface area contributed by atoms with E-state index in [9.17, 15) is 0 Å². The van der Waals surface area contributed by atoms with Crippen molar-refractivity contribution in [1.82, 2.24) is 4.90 Å². The Balaban J connectivity index is 1.69. The first kappa shape index (κ1) is 15.1. The molecule has 4 nitrogen and oxygen atoms in total. The van der Waals surface area contributed by atoms with E-state index in [1.165, 1.54) is 19.4 Å². The molecule has 1 atom stereocenters. The van der Waals surface area contributed by atoms with E-state index < -0.39 is 0 Å². The van der Waals surface area contributed by atoms with Crippen LogP contribution in [0.1, 0.15) is 12.8 Å². The van der Waals surface area contributed by atoms with Crippen molar-refractivity contribution >= 4 is 0 Å². The van der Waals surface area contributed by atoms with Crippen LogP contribution in [0.5, 0.6) is 11.5 Å². The van der Waals surface area contributed by atoms with Crippen molar-refractivity contribution in [2.24, 2.45) is 5.92 Å². The van der Waals surface area contributed by atoms with Gasteiger partial charge in [-0.25, -0.2) is 0 Å². The summed E-state index contributed by atoms with van der Waals surface area (Å²) in [7, 11) is 3.45. The van der Waals surface area contributed by atoms with Gasteiger partial charge >= 0.3 is 0 Å². The van der Waals surface area contributed by atoms with E-state index in [4.69, 9.17) is 14.2 Å². The summed E-state index contributed by atoms with van der Waals surface area (Å²) in [6.07, 6.45) is 2.54. The van der Waals surface area contributed by atoms with Crippen LogP contribution in [-0.2, 0) is 4.74 Å². The van der Waals surface area contributed by atoms with Crippen LogP contribution in [0, 0.1) is 5.92 Å². The van der Waals surface area contributed by atoms with Crippen molar-refractivity contribution in [2.45, 2.75) is 12.8 Å². The second-order valence-corrected chi connectivity index (χ2v) is 5.29. The lowest BCUT2D eigenvalue weighted by Crippen LogP contribution is -2.39. The van der Waals surface area contributed by atoms with E-state index in [2.05, 4.69) is 4.90 Å². The van der Waals surface area contributed by atoms with Crippen LogP contribution in [0.25, 0.3) is 0 Å². The highest BCUT2D eigenvalue weighted by molar-refractivity contribution is 5.31. The summed E-state index contributed by atoms with van der Waals surface area (Å²) in [6.45, 7) is 4.88. The maximum absolute atomic E-state index is 5.77. The molecule has 0 amide bonds. The quantitative estimate of drug-likeness (QED) is 0.767. The zero-order chi connectivity index (χ0) is 14.2. The van der Waals surface area contributed by atoms with Crippen molar-refractivity contribution in [3.8, 4) is 11.5 Å². The molecule has 1 unspecified atom stereocenters. The Bertz CT molecular complexity index is 378. The zero-order valence-electron chi connectivity index (χ0n) is 12.5. The van der Waals surface area contributed by atoms with E-state index in [0.29, 0.717) is 5.92 Å². The molecule has 0 aliphatic carbocycles. The summed E-state index contributed by atoms with van der Waals surface area (Å²) in [5.41, 5.74) is 0. The van der Waals surface area contributed by atoms with Gasteiger partial charge in [0, 0.05) is 20.2 Å². The predicted molar refractivity (Wildman–Crippen MR) is 79.5 cm³/mol. The Morgan fingerprint density at radius 3 is 2.60 bits per heavy atom. The molecule has 1 aliphatic rings. The standard InChI is InChI=1S/C16H25NO3/c1-18-13-14-4-3-9-17(12-14)10-11-20-16-7-5-15(19-2)6-8-16/h5-8,14H,3-4,9-13H2,1-2H3. The number of nitrogens with zero attached hydrogens (tertiary/aromatic N) is 1. The minimum atomic E-state index is 0.676. The monoisotopic (exact) mass is 279 g/mol. The fraction of sp³-hybridized carbons (Fsp3) is 0.625. The highest BCUT2D eigenvalue weighted by atomic mass is 16.5. The molecule has 1 saturated heterocycles. The Morgan fingerprint density at radius 2 is 1.90 bits per heavy atom. The van der Waals surface area contributed by atoms with Gasteiger partial charge in [-0.05, 0) is 49.6 Å². The normalized spacial score (nSPS) is 19.8. The summed E-state index contributed by atoms with van der Waals surface area (Å²) >= 11 is 0. The van der Waals surface area contributed by atoms with Gasteiger partial charge in [0.05, 0.1) is 13.7 Å². The van der Waals surface area contributed by atoms with Gasteiger partial charge in [-0.2, -0.15) is 0 Å². The molecule has 0 spiro atoms. The number of rotatable bonds is 7. The van der Waals surface area contributed by atoms with Crippen LogP contribution < -0.4 is 9.47 Å². The molecule has 20 heavy (non-hydrogen) atoms. The van der Waals surface area contributed by atoms with Crippen LogP contribution >= 0.6 is 0 Å². The first-order chi connectivity index (χ1) is 9.81. The number of likely N-dealkylation sites (tertiary alicyclic amines) is 1. The largest absolute Gasteiger partial charge is 0.497 e. The molecular weight excluding hydrogens is 254 g/mol. The first-order valence-electron chi connectivity index (χ1n) is 7.30. The molecule has 0 saturated carbocycles. The molecule has 4 heteroatoms. The van der Waals surface area contributed by atoms with Gasteiger partial charge < -0.3 is 14.2 Å². The number of benzene rings is 1. The fourth-order valence-corrected chi connectivity index (χ4v) is 2.69. The number of hydrogen-bond donors (Lipinski definition) is 0. The van der Waals surface area contributed by atoms with Crippen LogP contribution in [0.4, 0.5) is 0 Å². The van der Waals surface area contributed by atoms with Gasteiger partial charge in [-0.3, -0.25) is 4.90 Å². The SMILES string of the molecule is COCC1CCCN(CCOc2ccc(OC)cc2)C1. The van der Waals surface area contributed by atoms with E-state index in [1.807, 2.05) is 24.3 Å². The smallest absolute Gasteiger partial charge is 0.119 e. The summed E-state index contributed by atoms with van der Waals surface area (Å²) in [6, 6.07) is 7.74. The molecule has 1 fully saturated rings. The molecule has 1 aromatic carbocycles. The van der Waals surface area contributed by atoms with E-state index in [-0.39, 0.29) is 0 Å². The number of piperidine rings is 1. The molecular formula is C16H25NO3. The topological polar surface area (TPSA) is 30.9 Å². The van der Waals surface area contributed by atoms with E-state index in [1.54, 1.807) is 14.2 Å². The third-order valence-corrected chi connectivity index (χ3v) is 3.74. The Morgan fingerprint density at radius 1 is 1.15 bits per heavy atom. The second kappa shape index (κ2) is 8.12.